The van der Waals surface area contributed by atoms with E-state index in [1.54, 1.807) is 24.3 Å². The normalized spacial score (nSPS) is 15.9. The number of hydrogen-bond acceptors (Lipinski definition) is 3. The van der Waals surface area contributed by atoms with Gasteiger partial charge in [-0.25, -0.2) is 8.42 Å². The minimum Gasteiger partial charge on any atom is -0.294 e. The van der Waals surface area contributed by atoms with Gasteiger partial charge in [-0.05, 0) is 50.1 Å². The molecule has 0 amide bonds. The fourth-order valence-corrected chi connectivity index (χ4v) is 4.55. The van der Waals surface area contributed by atoms with Gasteiger partial charge in [0.05, 0.1) is 4.90 Å². The molecule has 0 aromatic heterocycles. The number of benzene rings is 2. The number of sulfonamides is 1. The number of nitrogens with zero attached hydrogens (tertiary/aromatic N) is 1. The Bertz CT molecular complexity index is 899. The first kappa shape index (κ1) is 16.9. The van der Waals surface area contributed by atoms with Crippen molar-refractivity contribution < 1.29 is 13.2 Å². The smallest absolute Gasteiger partial charge is 0.243 e. The molecule has 126 valence electrons. The Hall–Kier alpha value is -1.98. The third-order valence-electron chi connectivity index (χ3n) is 4.50. The Balaban J connectivity index is 2.04. The molecule has 0 saturated heterocycles. The van der Waals surface area contributed by atoms with Gasteiger partial charge in [-0.15, -0.1) is 0 Å². The SMILES string of the molecule is Cc1ccc(S(=O)(=O)N2CCC(=O)c3cc(C)cc(C)c3C2)cc1. The molecule has 1 aliphatic rings. The first-order chi connectivity index (χ1) is 11.3. The molecular formula is C19H21NO3S. The third-order valence-corrected chi connectivity index (χ3v) is 6.36. The number of rotatable bonds is 2. The predicted molar refractivity (Wildman–Crippen MR) is 93.6 cm³/mol. The van der Waals surface area contributed by atoms with Gasteiger partial charge in [0.2, 0.25) is 10.0 Å². The fourth-order valence-electron chi connectivity index (χ4n) is 3.14. The topological polar surface area (TPSA) is 54.5 Å². The van der Waals surface area contributed by atoms with Crippen molar-refractivity contribution in [2.75, 3.05) is 6.54 Å². The van der Waals surface area contributed by atoms with Crippen molar-refractivity contribution in [3.05, 3.63) is 64.2 Å². The lowest BCUT2D eigenvalue weighted by atomic mass is 9.96. The van der Waals surface area contributed by atoms with Crippen LogP contribution in [-0.2, 0) is 16.6 Å². The van der Waals surface area contributed by atoms with Crippen molar-refractivity contribution in [3.8, 4) is 0 Å². The van der Waals surface area contributed by atoms with E-state index in [0.29, 0.717) is 5.56 Å². The van der Waals surface area contributed by atoms with Gasteiger partial charge in [0.1, 0.15) is 0 Å². The number of Topliss-reactive ketones (excluding diaryl/α,β-unsaturated/α-hetero) is 1. The second-order valence-corrected chi connectivity index (χ2v) is 8.37. The summed E-state index contributed by atoms with van der Waals surface area (Å²) in [5.74, 6) is 0.0124. The van der Waals surface area contributed by atoms with Crippen LogP contribution in [0.25, 0.3) is 0 Å². The summed E-state index contributed by atoms with van der Waals surface area (Å²) in [6.45, 7) is 6.25. The molecule has 0 fully saturated rings. The highest BCUT2D eigenvalue weighted by molar-refractivity contribution is 7.89. The van der Waals surface area contributed by atoms with Gasteiger partial charge in [0.25, 0.3) is 0 Å². The van der Waals surface area contributed by atoms with E-state index in [0.717, 1.165) is 22.3 Å². The molecule has 24 heavy (non-hydrogen) atoms. The molecule has 0 spiro atoms. The summed E-state index contributed by atoms with van der Waals surface area (Å²) in [6, 6.07) is 10.7. The van der Waals surface area contributed by atoms with Crippen molar-refractivity contribution in [3.63, 3.8) is 0 Å². The number of ketones is 1. The number of hydrogen-bond donors (Lipinski definition) is 0. The summed E-state index contributed by atoms with van der Waals surface area (Å²) >= 11 is 0. The lowest BCUT2D eigenvalue weighted by Crippen LogP contribution is -2.31. The summed E-state index contributed by atoms with van der Waals surface area (Å²) in [7, 11) is -3.61. The average molecular weight is 343 g/mol. The van der Waals surface area contributed by atoms with E-state index in [-0.39, 0.29) is 30.2 Å². The lowest BCUT2D eigenvalue weighted by Gasteiger charge is -2.21. The van der Waals surface area contributed by atoms with Gasteiger partial charge in [0, 0.05) is 25.1 Å². The molecular weight excluding hydrogens is 322 g/mol. The predicted octanol–water partition coefficient (Wildman–Crippen LogP) is 3.39. The lowest BCUT2D eigenvalue weighted by molar-refractivity contribution is 0.0981. The Kier molecular flexibility index (Phi) is 4.32. The highest BCUT2D eigenvalue weighted by Gasteiger charge is 2.30. The maximum absolute atomic E-state index is 13.0. The maximum atomic E-state index is 13.0. The maximum Gasteiger partial charge on any atom is 0.243 e. The first-order valence-corrected chi connectivity index (χ1v) is 9.43. The average Bonchev–Trinajstić information content (AvgIpc) is 2.68. The van der Waals surface area contributed by atoms with E-state index in [9.17, 15) is 13.2 Å². The molecule has 1 heterocycles. The number of carbonyl (C=O) groups excluding carboxylic acids is 1. The molecule has 0 atom stereocenters. The summed E-state index contributed by atoms with van der Waals surface area (Å²) in [6.07, 6.45) is 0.209. The summed E-state index contributed by atoms with van der Waals surface area (Å²) in [5, 5.41) is 0. The molecule has 0 saturated carbocycles. The van der Waals surface area contributed by atoms with E-state index in [2.05, 4.69) is 0 Å². The molecule has 0 bridgehead atoms. The van der Waals surface area contributed by atoms with Crippen LogP contribution in [0.3, 0.4) is 0 Å². The monoisotopic (exact) mass is 343 g/mol. The van der Waals surface area contributed by atoms with Crippen molar-refractivity contribution in [1.29, 1.82) is 0 Å². The molecule has 0 radical (unpaired) electrons. The zero-order valence-corrected chi connectivity index (χ0v) is 15.0. The van der Waals surface area contributed by atoms with Gasteiger partial charge < -0.3 is 0 Å². The molecule has 0 aliphatic carbocycles. The molecule has 5 heteroatoms. The Morgan fingerprint density at radius 3 is 2.29 bits per heavy atom. The number of aryl methyl sites for hydroxylation is 3. The molecule has 4 nitrogen and oxygen atoms in total. The highest BCUT2D eigenvalue weighted by atomic mass is 32.2. The quantitative estimate of drug-likeness (QED) is 0.840. The third kappa shape index (κ3) is 3.01. The first-order valence-electron chi connectivity index (χ1n) is 7.99. The molecule has 1 aliphatic heterocycles. The van der Waals surface area contributed by atoms with Crippen LogP contribution >= 0.6 is 0 Å². The standard InChI is InChI=1S/C19H21NO3S/c1-13-4-6-16(7-5-13)24(22,23)20-9-8-19(21)17-11-14(2)10-15(3)18(17)12-20/h4-7,10-11H,8-9,12H2,1-3H3. The molecule has 2 aromatic carbocycles. The zero-order valence-electron chi connectivity index (χ0n) is 14.2. The van der Waals surface area contributed by atoms with Crippen molar-refractivity contribution in [2.45, 2.75) is 38.6 Å². The van der Waals surface area contributed by atoms with Gasteiger partial charge in [-0.1, -0.05) is 29.3 Å². The van der Waals surface area contributed by atoms with Crippen molar-refractivity contribution in [2.24, 2.45) is 0 Å². The van der Waals surface area contributed by atoms with Gasteiger partial charge in [-0.3, -0.25) is 4.79 Å². The van der Waals surface area contributed by atoms with Crippen LogP contribution in [0.4, 0.5) is 0 Å². The van der Waals surface area contributed by atoms with E-state index < -0.39 is 10.0 Å². The van der Waals surface area contributed by atoms with Crippen LogP contribution in [0.15, 0.2) is 41.3 Å². The van der Waals surface area contributed by atoms with Gasteiger partial charge in [0.15, 0.2) is 5.78 Å². The second-order valence-electron chi connectivity index (χ2n) is 6.43. The second kappa shape index (κ2) is 6.15. The minimum absolute atomic E-state index is 0.0124. The van der Waals surface area contributed by atoms with Crippen LogP contribution in [0.5, 0.6) is 0 Å². The number of carbonyl (C=O) groups is 1. The number of fused-ring (bicyclic) bond motifs is 1. The molecule has 2 aromatic rings. The zero-order chi connectivity index (χ0) is 17.5. The summed E-state index contributed by atoms with van der Waals surface area (Å²) in [4.78, 5) is 12.7. The molecule has 0 unspecified atom stereocenters. The highest BCUT2D eigenvalue weighted by Crippen LogP contribution is 2.27. The van der Waals surface area contributed by atoms with E-state index in [4.69, 9.17) is 0 Å². The molecule has 0 N–H and O–H groups in total. The van der Waals surface area contributed by atoms with E-state index in [1.807, 2.05) is 32.9 Å². The van der Waals surface area contributed by atoms with Crippen LogP contribution in [0, 0.1) is 20.8 Å². The summed E-state index contributed by atoms with van der Waals surface area (Å²) in [5.41, 5.74) is 4.48. The van der Waals surface area contributed by atoms with E-state index >= 15 is 0 Å². The van der Waals surface area contributed by atoms with E-state index in [1.165, 1.54) is 4.31 Å². The van der Waals surface area contributed by atoms with Crippen molar-refractivity contribution in [1.82, 2.24) is 4.31 Å². The Labute approximate surface area is 143 Å². The Morgan fingerprint density at radius 1 is 0.958 bits per heavy atom. The van der Waals surface area contributed by atoms with Crippen LogP contribution in [0.1, 0.15) is 39.0 Å². The van der Waals surface area contributed by atoms with Gasteiger partial charge >= 0.3 is 0 Å². The van der Waals surface area contributed by atoms with Gasteiger partial charge in [-0.2, -0.15) is 4.31 Å². The fraction of sp³-hybridized carbons (Fsp3) is 0.316. The molecule has 3 rings (SSSR count). The van der Waals surface area contributed by atoms with Crippen LogP contribution < -0.4 is 0 Å². The van der Waals surface area contributed by atoms with Crippen LogP contribution in [-0.4, -0.2) is 25.1 Å². The Morgan fingerprint density at radius 2 is 1.62 bits per heavy atom. The van der Waals surface area contributed by atoms with Crippen molar-refractivity contribution >= 4 is 15.8 Å². The largest absolute Gasteiger partial charge is 0.294 e. The van der Waals surface area contributed by atoms with Crippen LogP contribution in [0.2, 0.25) is 0 Å². The summed E-state index contributed by atoms with van der Waals surface area (Å²) < 4.78 is 27.3. The minimum atomic E-state index is -3.61.